The van der Waals surface area contributed by atoms with Crippen LogP contribution in [-0.2, 0) is 4.74 Å². The first kappa shape index (κ1) is 14.0. The highest BCUT2D eigenvalue weighted by Crippen LogP contribution is 2.47. The first-order valence-corrected chi connectivity index (χ1v) is 7.71. The van der Waals surface area contributed by atoms with E-state index in [9.17, 15) is 4.39 Å². The maximum Gasteiger partial charge on any atom is 0.123 e. The summed E-state index contributed by atoms with van der Waals surface area (Å²) in [6, 6.07) is 5.35. The summed E-state index contributed by atoms with van der Waals surface area (Å²) in [5.74, 6) is 0.394. The Hall–Kier alpha value is -0.930. The van der Waals surface area contributed by atoms with E-state index in [-0.39, 0.29) is 17.5 Å². The first-order valence-electron chi connectivity index (χ1n) is 7.71. The van der Waals surface area contributed by atoms with Crippen LogP contribution >= 0.6 is 0 Å². The molecule has 1 aromatic carbocycles. The third-order valence-corrected chi connectivity index (χ3v) is 5.15. The Labute approximate surface area is 120 Å². The number of nitrogens with one attached hydrogen (secondary N) is 1. The number of halogens is 1. The van der Waals surface area contributed by atoms with Gasteiger partial charge in [-0.1, -0.05) is 6.07 Å². The van der Waals surface area contributed by atoms with Gasteiger partial charge in [0.15, 0.2) is 0 Å². The molecule has 1 saturated heterocycles. The van der Waals surface area contributed by atoms with Crippen molar-refractivity contribution < 1.29 is 9.13 Å². The van der Waals surface area contributed by atoms with Crippen LogP contribution in [0.3, 0.4) is 0 Å². The molecule has 1 aliphatic heterocycles. The summed E-state index contributed by atoms with van der Waals surface area (Å²) in [5, 5.41) is 3.42. The summed E-state index contributed by atoms with van der Waals surface area (Å²) in [6.07, 6.45) is 5.84. The summed E-state index contributed by atoms with van der Waals surface area (Å²) in [5.41, 5.74) is 2.41. The third kappa shape index (κ3) is 2.49. The van der Waals surface area contributed by atoms with Crippen molar-refractivity contribution in [2.75, 3.05) is 13.7 Å². The molecular weight excluding hydrogens is 253 g/mol. The van der Waals surface area contributed by atoms with Crippen molar-refractivity contribution in [2.24, 2.45) is 5.92 Å². The zero-order valence-corrected chi connectivity index (χ0v) is 12.4. The molecule has 0 radical (unpaired) electrons. The van der Waals surface area contributed by atoms with E-state index in [4.69, 9.17) is 4.74 Å². The van der Waals surface area contributed by atoms with E-state index in [1.165, 1.54) is 24.8 Å². The van der Waals surface area contributed by atoms with Crippen molar-refractivity contribution in [3.63, 3.8) is 0 Å². The number of aryl methyl sites for hydroxylation is 1. The normalized spacial score (nSPS) is 26.2. The lowest BCUT2D eigenvalue weighted by Crippen LogP contribution is -2.47. The summed E-state index contributed by atoms with van der Waals surface area (Å²) in [7, 11) is 1.98. The third-order valence-electron chi connectivity index (χ3n) is 5.15. The number of benzene rings is 1. The molecule has 110 valence electrons. The van der Waals surface area contributed by atoms with Crippen molar-refractivity contribution >= 4 is 0 Å². The van der Waals surface area contributed by atoms with Crippen LogP contribution in [-0.4, -0.2) is 19.3 Å². The van der Waals surface area contributed by atoms with Crippen LogP contribution in [0.4, 0.5) is 4.39 Å². The van der Waals surface area contributed by atoms with Gasteiger partial charge in [0.2, 0.25) is 0 Å². The molecule has 1 aliphatic carbocycles. The average Bonchev–Trinajstić information content (AvgIpc) is 2.42. The standard InChI is InChI=1S/C17H24FNO/c1-12-4-5-14(18)10-15(12)16(19-2)13-6-9-20-17(11-13)7-3-8-17/h4-5,10,13,16,19H,3,6-9,11H2,1-2H3. The van der Waals surface area contributed by atoms with E-state index in [1.54, 1.807) is 12.1 Å². The molecule has 1 saturated carbocycles. The van der Waals surface area contributed by atoms with Gasteiger partial charge in [-0.05, 0) is 75.3 Å². The zero-order chi connectivity index (χ0) is 14.2. The van der Waals surface area contributed by atoms with E-state index in [2.05, 4.69) is 12.2 Å². The molecule has 1 aromatic rings. The summed E-state index contributed by atoms with van der Waals surface area (Å²) in [4.78, 5) is 0. The lowest BCUT2D eigenvalue weighted by atomic mass is 9.69. The predicted octanol–water partition coefficient (Wildman–Crippen LogP) is 3.74. The monoisotopic (exact) mass is 277 g/mol. The van der Waals surface area contributed by atoms with Crippen molar-refractivity contribution in [3.05, 3.63) is 35.1 Å². The van der Waals surface area contributed by atoms with Gasteiger partial charge in [0.1, 0.15) is 5.82 Å². The van der Waals surface area contributed by atoms with Gasteiger partial charge >= 0.3 is 0 Å². The molecular formula is C17H24FNO. The minimum atomic E-state index is -0.142. The SMILES string of the molecule is CNC(c1cc(F)ccc1C)C1CCOC2(CCC2)C1. The van der Waals surface area contributed by atoms with Gasteiger partial charge in [0.25, 0.3) is 0 Å². The summed E-state index contributed by atoms with van der Waals surface area (Å²) >= 11 is 0. The Morgan fingerprint density at radius 3 is 2.85 bits per heavy atom. The van der Waals surface area contributed by atoms with Gasteiger partial charge in [-0.15, -0.1) is 0 Å². The summed E-state index contributed by atoms with van der Waals surface area (Å²) < 4.78 is 19.6. The van der Waals surface area contributed by atoms with Crippen LogP contribution in [0.1, 0.15) is 49.3 Å². The van der Waals surface area contributed by atoms with Gasteiger partial charge in [0.05, 0.1) is 5.60 Å². The first-order chi connectivity index (χ1) is 9.63. The van der Waals surface area contributed by atoms with Crippen LogP contribution in [0.2, 0.25) is 0 Å². The maximum absolute atomic E-state index is 13.6. The van der Waals surface area contributed by atoms with E-state index in [0.717, 1.165) is 25.0 Å². The molecule has 20 heavy (non-hydrogen) atoms. The minimum Gasteiger partial charge on any atom is -0.375 e. The fraction of sp³-hybridized carbons (Fsp3) is 0.647. The Bertz CT molecular complexity index is 484. The fourth-order valence-electron chi connectivity index (χ4n) is 3.86. The molecule has 0 amide bonds. The van der Waals surface area contributed by atoms with Gasteiger partial charge in [-0.25, -0.2) is 4.39 Å². The van der Waals surface area contributed by atoms with Crippen LogP contribution < -0.4 is 5.32 Å². The zero-order valence-electron chi connectivity index (χ0n) is 12.4. The molecule has 2 unspecified atom stereocenters. The Balaban J connectivity index is 1.83. The van der Waals surface area contributed by atoms with Crippen molar-refractivity contribution in [2.45, 2.75) is 50.7 Å². The van der Waals surface area contributed by atoms with Gasteiger partial charge in [-0.2, -0.15) is 0 Å². The van der Waals surface area contributed by atoms with Crippen LogP contribution in [0, 0.1) is 18.7 Å². The van der Waals surface area contributed by atoms with Gasteiger partial charge < -0.3 is 10.1 Å². The van der Waals surface area contributed by atoms with Crippen LogP contribution in [0.25, 0.3) is 0 Å². The molecule has 2 aliphatic rings. The molecule has 2 nitrogen and oxygen atoms in total. The Morgan fingerprint density at radius 1 is 1.40 bits per heavy atom. The number of hydrogen-bond donors (Lipinski definition) is 1. The highest BCUT2D eigenvalue weighted by atomic mass is 19.1. The van der Waals surface area contributed by atoms with E-state index < -0.39 is 0 Å². The lowest BCUT2D eigenvalue weighted by molar-refractivity contribution is -0.147. The van der Waals surface area contributed by atoms with Gasteiger partial charge in [-0.3, -0.25) is 0 Å². The molecule has 1 N–H and O–H groups in total. The Morgan fingerprint density at radius 2 is 2.20 bits per heavy atom. The Kier molecular flexibility index (Phi) is 3.83. The molecule has 0 aromatic heterocycles. The molecule has 2 fully saturated rings. The second kappa shape index (κ2) is 5.45. The highest BCUT2D eigenvalue weighted by molar-refractivity contribution is 5.30. The minimum absolute atomic E-state index is 0.138. The fourth-order valence-corrected chi connectivity index (χ4v) is 3.86. The van der Waals surface area contributed by atoms with E-state index in [0.29, 0.717) is 5.92 Å². The van der Waals surface area contributed by atoms with E-state index in [1.807, 2.05) is 13.1 Å². The number of ether oxygens (including phenoxy) is 1. The van der Waals surface area contributed by atoms with Crippen molar-refractivity contribution in [1.82, 2.24) is 5.32 Å². The molecule has 0 bridgehead atoms. The summed E-state index contributed by atoms with van der Waals surface area (Å²) in [6.45, 7) is 2.91. The molecule has 1 heterocycles. The molecule has 3 heteroatoms. The molecule has 2 atom stereocenters. The smallest absolute Gasteiger partial charge is 0.123 e. The topological polar surface area (TPSA) is 21.3 Å². The van der Waals surface area contributed by atoms with Crippen LogP contribution in [0.15, 0.2) is 18.2 Å². The highest BCUT2D eigenvalue weighted by Gasteiger charge is 2.44. The second-order valence-corrected chi connectivity index (χ2v) is 6.41. The van der Waals surface area contributed by atoms with E-state index >= 15 is 0 Å². The number of rotatable bonds is 3. The number of hydrogen-bond acceptors (Lipinski definition) is 2. The largest absolute Gasteiger partial charge is 0.375 e. The van der Waals surface area contributed by atoms with Gasteiger partial charge in [0, 0.05) is 12.6 Å². The molecule has 3 rings (SSSR count). The molecule has 1 spiro atoms. The lowest BCUT2D eigenvalue weighted by Gasteiger charge is -2.49. The predicted molar refractivity (Wildman–Crippen MR) is 78.2 cm³/mol. The second-order valence-electron chi connectivity index (χ2n) is 6.41. The quantitative estimate of drug-likeness (QED) is 0.908. The van der Waals surface area contributed by atoms with Crippen molar-refractivity contribution in [3.8, 4) is 0 Å². The van der Waals surface area contributed by atoms with Crippen molar-refractivity contribution in [1.29, 1.82) is 0 Å². The van der Waals surface area contributed by atoms with Crippen LogP contribution in [0.5, 0.6) is 0 Å². The average molecular weight is 277 g/mol. The maximum atomic E-state index is 13.6.